The van der Waals surface area contributed by atoms with Gasteiger partial charge >= 0.3 is 0 Å². The first-order chi connectivity index (χ1) is 15.3. The third-order valence-corrected chi connectivity index (χ3v) is 6.31. The topological polar surface area (TPSA) is 120 Å². The van der Waals surface area contributed by atoms with Crippen LogP contribution in [0.25, 0.3) is 0 Å². The Morgan fingerprint density at radius 2 is 1.88 bits per heavy atom. The maximum Gasteiger partial charge on any atom is 0.257 e. The Kier molecular flexibility index (Phi) is 4.93. The summed E-state index contributed by atoms with van der Waals surface area (Å²) in [5.41, 5.74) is 2.39. The highest BCUT2D eigenvalue weighted by atomic mass is 16.7. The lowest BCUT2D eigenvalue weighted by Gasteiger charge is -2.26. The zero-order valence-electron chi connectivity index (χ0n) is 18.0. The predicted molar refractivity (Wildman–Crippen MR) is 120 cm³/mol. The number of phenols is 1. The van der Waals surface area contributed by atoms with Crippen molar-refractivity contribution in [3.8, 4) is 5.75 Å². The molecule has 1 unspecified atom stereocenters. The van der Waals surface area contributed by atoms with Crippen molar-refractivity contribution in [1.29, 1.82) is 0 Å². The van der Waals surface area contributed by atoms with Crippen molar-refractivity contribution in [3.05, 3.63) is 56.0 Å². The number of nitrogens with zero attached hydrogens (tertiary/aromatic N) is 1. The third-order valence-electron chi connectivity index (χ3n) is 6.31. The number of hydrogen-bond acceptors (Lipinski definition) is 8. The molecular formula is C23H26N4O5. The van der Waals surface area contributed by atoms with Crippen LogP contribution >= 0.6 is 0 Å². The standard InChI is InChI=1S/C23H26N4O5/c1-27(2)23(31)13-4-3-5-14(20(13)28)24-18-19(22(30)21(18)29)25-17(12-8-9-12)15-10-16(32-26-15)11-6-7-11/h3-5,10-12,15,17,24-26,28H,6-9H2,1-2H3/t15?,17-/m1/s1. The average Bonchev–Trinajstić information content (AvgIpc) is 3.72. The number of aromatic hydroxyl groups is 1. The number of phenolic OH excluding ortho intramolecular Hbond substituents is 1. The number of para-hydroxylation sites is 1. The lowest BCUT2D eigenvalue weighted by atomic mass is 10.0. The molecule has 1 heterocycles. The first-order valence-corrected chi connectivity index (χ1v) is 10.9. The molecule has 2 saturated carbocycles. The average molecular weight is 438 g/mol. The number of anilines is 3. The first kappa shape index (κ1) is 20.6. The van der Waals surface area contributed by atoms with Crippen LogP contribution in [0.5, 0.6) is 5.75 Å². The van der Waals surface area contributed by atoms with Gasteiger partial charge in [0.1, 0.15) is 17.1 Å². The number of rotatable bonds is 8. The van der Waals surface area contributed by atoms with Crippen LogP contribution in [0.4, 0.5) is 17.1 Å². The monoisotopic (exact) mass is 438 g/mol. The Balaban J connectivity index is 1.39. The molecule has 0 saturated heterocycles. The number of carbonyl (C=O) groups is 1. The highest BCUT2D eigenvalue weighted by molar-refractivity contribution is 5.99. The maximum absolute atomic E-state index is 12.4. The Morgan fingerprint density at radius 3 is 2.53 bits per heavy atom. The molecule has 2 aromatic carbocycles. The molecule has 2 aromatic rings. The molecule has 0 bridgehead atoms. The minimum Gasteiger partial charge on any atom is -0.505 e. The second-order valence-electron chi connectivity index (χ2n) is 9.03. The van der Waals surface area contributed by atoms with E-state index in [1.807, 2.05) is 0 Å². The van der Waals surface area contributed by atoms with Crippen molar-refractivity contribution in [2.75, 3.05) is 24.7 Å². The van der Waals surface area contributed by atoms with E-state index in [4.69, 9.17) is 4.84 Å². The minimum absolute atomic E-state index is 0.0923. The Labute approximate surface area is 184 Å². The number of allylic oxidation sites excluding steroid dienone is 1. The summed E-state index contributed by atoms with van der Waals surface area (Å²) in [5, 5.41) is 16.7. The zero-order chi connectivity index (χ0) is 22.6. The van der Waals surface area contributed by atoms with E-state index in [-0.39, 0.29) is 46.4 Å². The van der Waals surface area contributed by atoms with Crippen LogP contribution in [0.1, 0.15) is 36.0 Å². The lowest BCUT2D eigenvalue weighted by molar-refractivity contribution is 0.0824. The van der Waals surface area contributed by atoms with Gasteiger partial charge in [-0.2, -0.15) is 0 Å². The van der Waals surface area contributed by atoms with E-state index in [0.717, 1.165) is 31.4 Å². The molecule has 9 heteroatoms. The van der Waals surface area contributed by atoms with Gasteiger partial charge in [-0.15, -0.1) is 5.48 Å². The molecule has 1 amide bonds. The molecule has 0 radical (unpaired) electrons. The van der Waals surface area contributed by atoms with E-state index in [1.54, 1.807) is 26.2 Å². The van der Waals surface area contributed by atoms with Gasteiger partial charge in [-0.25, -0.2) is 0 Å². The Hall–Kier alpha value is -3.33. The van der Waals surface area contributed by atoms with Crippen LogP contribution in [0.15, 0.2) is 39.6 Å². The van der Waals surface area contributed by atoms with E-state index in [2.05, 4.69) is 22.2 Å². The molecule has 3 aliphatic rings. The molecular weight excluding hydrogens is 412 g/mol. The number of nitrogens with one attached hydrogen (secondary N) is 3. The summed E-state index contributed by atoms with van der Waals surface area (Å²) < 4.78 is 0. The summed E-state index contributed by atoms with van der Waals surface area (Å²) in [7, 11) is 3.17. The van der Waals surface area contributed by atoms with Crippen molar-refractivity contribution in [2.45, 2.75) is 37.8 Å². The van der Waals surface area contributed by atoms with Gasteiger partial charge in [0.15, 0.2) is 5.75 Å². The van der Waals surface area contributed by atoms with E-state index in [0.29, 0.717) is 11.8 Å². The van der Waals surface area contributed by atoms with Gasteiger partial charge in [-0.1, -0.05) is 6.07 Å². The first-order valence-electron chi connectivity index (χ1n) is 10.9. The summed E-state index contributed by atoms with van der Waals surface area (Å²) in [6.45, 7) is 0. The molecule has 0 spiro atoms. The fourth-order valence-corrected chi connectivity index (χ4v) is 4.11. The Bertz CT molecular complexity index is 1170. The van der Waals surface area contributed by atoms with Gasteiger partial charge < -0.3 is 25.5 Å². The van der Waals surface area contributed by atoms with E-state index in [1.165, 1.54) is 11.0 Å². The number of hydrogen-bond donors (Lipinski definition) is 4. The molecule has 5 rings (SSSR count). The van der Waals surface area contributed by atoms with Crippen molar-refractivity contribution in [1.82, 2.24) is 10.4 Å². The molecule has 2 fully saturated rings. The van der Waals surface area contributed by atoms with Crippen LogP contribution in [0, 0.1) is 11.8 Å². The number of amides is 1. The summed E-state index contributed by atoms with van der Waals surface area (Å²) in [6, 6.07) is 4.48. The third kappa shape index (κ3) is 3.62. The minimum atomic E-state index is -0.657. The number of carbonyl (C=O) groups excluding carboxylic acids is 1. The molecule has 1 aliphatic heterocycles. The second kappa shape index (κ2) is 7.67. The molecule has 4 N–H and O–H groups in total. The van der Waals surface area contributed by atoms with Gasteiger partial charge in [0.2, 0.25) is 0 Å². The highest BCUT2D eigenvalue weighted by Crippen LogP contribution is 2.42. The number of benzene rings is 1. The number of hydroxylamine groups is 1. The summed E-state index contributed by atoms with van der Waals surface area (Å²) in [5.74, 6) is 1.17. The largest absolute Gasteiger partial charge is 0.505 e. The summed E-state index contributed by atoms with van der Waals surface area (Å²) >= 11 is 0. The lowest BCUT2D eigenvalue weighted by Crippen LogP contribution is -2.46. The zero-order valence-corrected chi connectivity index (χ0v) is 18.0. The molecule has 0 aromatic heterocycles. The van der Waals surface area contributed by atoms with Crippen molar-refractivity contribution in [2.24, 2.45) is 11.8 Å². The predicted octanol–water partition coefficient (Wildman–Crippen LogP) is 1.82. The maximum atomic E-state index is 12.4. The fourth-order valence-electron chi connectivity index (χ4n) is 4.11. The van der Waals surface area contributed by atoms with Gasteiger partial charge in [-0.3, -0.25) is 14.4 Å². The normalized spacial score (nSPS) is 21.1. The van der Waals surface area contributed by atoms with Crippen molar-refractivity contribution in [3.63, 3.8) is 0 Å². The molecule has 2 atom stereocenters. The van der Waals surface area contributed by atoms with Crippen LogP contribution < -0.4 is 27.0 Å². The quantitative estimate of drug-likeness (QED) is 0.364. The summed E-state index contributed by atoms with van der Waals surface area (Å²) in [4.78, 5) is 44.0. The van der Waals surface area contributed by atoms with Crippen LogP contribution in [0.3, 0.4) is 0 Å². The van der Waals surface area contributed by atoms with Crippen LogP contribution in [-0.4, -0.2) is 42.1 Å². The van der Waals surface area contributed by atoms with Gasteiger partial charge in [0.25, 0.3) is 16.8 Å². The molecule has 168 valence electrons. The van der Waals surface area contributed by atoms with Crippen molar-refractivity contribution >= 4 is 23.0 Å². The molecule has 32 heavy (non-hydrogen) atoms. The van der Waals surface area contributed by atoms with Gasteiger partial charge in [-0.05, 0) is 49.8 Å². The summed E-state index contributed by atoms with van der Waals surface area (Å²) in [6.07, 6.45) is 6.42. The second-order valence-corrected chi connectivity index (χ2v) is 9.03. The van der Waals surface area contributed by atoms with Crippen LogP contribution in [0.2, 0.25) is 0 Å². The van der Waals surface area contributed by atoms with Gasteiger partial charge in [0.05, 0.1) is 23.3 Å². The van der Waals surface area contributed by atoms with E-state index >= 15 is 0 Å². The van der Waals surface area contributed by atoms with Gasteiger partial charge in [0, 0.05) is 20.0 Å². The highest BCUT2D eigenvalue weighted by Gasteiger charge is 2.42. The van der Waals surface area contributed by atoms with E-state index in [9.17, 15) is 19.5 Å². The smallest absolute Gasteiger partial charge is 0.257 e. The molecule has 9 nitrogen and oxygen atoms in total. The van der Waals surface area contributed by atoms with E-state index < -0.39 is 10.9 Å². The SMILES string of the molecule is CN(C)C(=O)c1cccc(Nc2c(N[C@H](C3CC3)C3C=C(C4CC4)ON3)c(=O)c2=O)c1O. The van der Waals surface area contributed by atoms with Crippen molar-refractivity contribution < 1.29 is 14.7 Å². The molecule has 2 aliphatic carbocycles. The fraction of sp³-hybridized carbons (Fsp3) is 0.435. The van der Waals surface area contributed by atoms with Crippen LogP contribution in [-0.2, 0) is 4.84 Å². The Morgan fingerprint density at radius 1 is 1.16 bits per heavy atom.